The first kappa shape index (κ1) is 18.7. The van der Waals surface area contributed by atoms with Crippen LogP contribution in [-0.2, 0) is 19.1 Å². The van der Waals surface area contributed by atoms with Crippen molar-refractivity contribution in [3.63, 3.8) is 0 Å². The van der Waals surface area contributed by atoms with Gasteiger partial charge in [0, 0.05) is 25.5 Å². The number of ether oxygens (including phenoxy) is 2. The van der Waals surface area contributed by atoms with Crippen molar-refractivity contribution in [1.29, 1.82) is 0 Å². The summed E-state index contributed by atoms with van der Waals surface area (Å²) in [4.78, 5) is 34.7. The van der Waals surface area contributed by atoms with Gasteiger partial charge in [0.25, 0.3) is 0 Å². The molecule has 1 N–H and O–H groups in total. The average Bonchev–Trinajstić information content (AvgIpc) is 2.48. The highest BCUT2D eigenvalue weighted by Gasteiger charge is 2.15. The summed E-state index contributed by atoms with van der Waals surface area (Å²) in [7, 11) is 0. The van der Waals surface area contributed by atoms with Gasteiger partial charge in [-0.1, -0.05) is 13.8 Å². The smallest absolute Gasteiger partial charge is 0.341 e. The van der Waals surface area contributed by atoms with Crippen LogP contribution in [0.2, 0.25) is 0 Å². The van der Waals surface area contributed by atoms with Crippen molar-refractivity contribution >= 4 is 23.5 Å². The molecule has 0 aliphatic rings. The van der Waals surface area contributed by atoms with Gasteiger partial charge in [0.15, 0.2) is 0 Å². The summed E-state index contributed by atoms with van der Waals surface area (Å²) in [6.45, 7) is 5.27. The highest BCUT2D eigenvalue weighted by atomic mass is 16.7. The lowest BCUT2D eigenvalue weighted by molar-refractivity contribution is -0.165. The minimum absolute atomic E-state index is 0.0701. The molecule has 6 nitrogen and oxygen atoms in total. The molecule has 0 spiro atoms. The number of anilines is 1. The quantitative estimate of drug-likeness (QED) is 0.587. The van der Waals surface area contributed by atoms with Crippen LogP contribution in [-0.4, -0.2) is 24.1 Å². The van der Waals surface area contributed by atoms with Crippen LogP contribution < -0.4 is 5.32 Å². The van der Waals surface area contributed by atoms with Gasteiger partial charge in [-0.05, 0) is 37.1 Å². The SMILES string of the molecule is CCCC(=O)Nc1ccc(C(=O)OC(C)OC(=O)CCC)cc1. The highest BCUT2D eigenvalue weighted by molar-refractivity contribution is 5.93. The fourth-order valence-electron chi connectivity index (χ4n) is 1.83. The van der Waals surface area contributed by atoms with E-state index in [-0.39, 0.29) is 12.3 Å². The molecule has 1 rings (SSSR count). The van der Waals surface area contributed by atoms with E-state index in [0.717, 1.165) is 6.42 Å². The predicted molar refractivity (Wildman–Crippen MR) is 85.9 cm³/mol. The van der Waals surface area contributed by atoms with E-state index in [1.54, 1.807) is 24.3 Å². The largest absolute Gasteiger partial charge is 0.425 e. The van der Waals surface area contributed by atoms with E-state index in [4.69, 9.17) is 9.47 Å². The van der Waals surface area contributed by atoms with Crippen molar-refractivity contribution in [2.45, 2.75) is 52.7 Å². The molecule has 0 saturated heterocycles. The van der Waals surface area contributed by atoms with Gasteiger partial charge < -0.3 is 14.8 Å². The maximum atomic E-state index is 11.9. The molecule has 0 aliphatic carbocycles. The Morgan fingerprint density at radius 3 is 2.17 bits per heavy atom. The first-order valence-corrected chi connectivity index (χ1v) is 7.76. The predicted octanol–water partition coefficient (Wildman–Crippen LogP) is 3.27. The minimum Gasteiger partial charge on any atom is -0.425 e. The number of carbonyl (C=O) groups is 3. The molecule has 1 unspecified atom stereocenters. The molecule has 1 atom stereocenters. The molecular formula is C17H23NO5. The van der Waals surface area contributed by atoms with Crippen LogP contribution in [0.1, 0.15) is 56.8 Å². The number of amides is 1. The molecule has 23 heavy (non-hydrogen) atoms. The highest BCUT2D eigenvalue weighted by Crippen LogP contribution is 2.12. The van der Waals surface area contributed by atoms with E-state index in [1.165, 1.54) is 6.92 Å². The second-order valence-electron chi connectivity index (χ2n) is 5.09. The van der Waals surface area contributed by atoms with E-state index in [2.05, 4.69) is 5.32 Å². The average molecular weight is 321 g/mol. The van der Waals surface area contributed by atoms with E-state index in [9.17, 15) is 14.4 Å². The number of rotatable bonds is 8. The fraction of sp³-hybridized carbons (Fsp3) is 0.471. The molecular weight excluding hydrogens is 298 g/mol. The number of hydrogen-bond donors (Lipinski definition) is 1. The molecule has 1 aromatic rings. The molecule has 6 heteroatoms. The first-order chi connectivity index (χ1) is 11.0. The number of nitrogens with one attached hydrogen (secondary N) is 1. The van der Waals surface area contributed by atoms with E-state index >= 15 is 0 Å². The Labute approximate surface area is 136 Å². The van der Waals surface area contributed by atoms with Gasteiger partial charge in [-0.25, -0.2) is 4.79 Å². The molecule has 126 valence electrons. The molecule has 0 bridgehead atoms. The van der Waals surface area contributed by atoms with Crippen molar-refractivity contribution in [3.05, 3.63) is 29.8 Å². The standard InChI is InChI=1S/C17H23NO5/c1-4-6-15(19)18-14-10-8-13(9-11-14)17(21)23-12(3)22-16(20)7-5-2/h8-12H,4-7H2,1-3H3,(H,18,19). The summed E-state index contributed by atoms with van der Waals surface area (Å²) in [5, 5.41) is 2.73. The summed E-state index contributed by atoms with van der Waals surface area (Å²) in [6, 6.07) is 6.34. The van der Waals surface area contributed by atoms with Crippen LogP contribution in [0.5, 0.6) is 0 Å². The second-order valence-corrected chi connectivity index (χ2v) is 5.09. The molecule has 0 saturated carbocycles. The van der Waals surface area contributed by atoms with Crippen molar-refractivity contribution in [2.24, 2.45) is 0 Å². The number of benzene rings is 1. The van der Waals surface area contributed by atoms with Gasteiger partial charge in [0.05, 0.1) is 5.56 Å². The molecule has 0 heterocycles. The monoisotopic (exact) mass is 321 g/mol. The van der Waals surface area contributed by atoms with Crippen molar-refractivity contribution < 1.29 is 23.9 Å². The molecule has 0 fully saturated rings. The van der Waals surface area contributed by atoms with Gasteiger partial charge in [-0.3, -0.25) is 9.59 Å². The van der Waals surface area contributed by atoms with Gasteiger partial charge >= 0.3 is 11.9 Å². The third-order valence-corrected chi connectivity index (χ3v) is 2.91. The Bertz CT molecular complexity index is 538. The number of carbonyl (C=O) groups excluding carboxylic acids is 3. The topological polar surface area (TPSA) is 81.7 Å². The summed E-state index contributed by atoms with van der Waals surface area (Å²) in [6.07, 6.45) is 1.24. The van der Waals surface area contributed by atoms with Gasteiger partial charge in [0.2, 0.25) is 12.2 Å². The maximum absolute atomic E-state index is 11.9. The summed E-state index contributed by atoms with van der Waals surface area (Å²) < 4.78 is 9.99. The molecule has 1 amide bonds. The zero-order valence-electron chi connectivity index (χ0n) is 13.8. The van der Waals surface area contributed by atoms with Crippen LogP contribution in [0.15, 0.2) is 24.3 Å². The summed E-state index contributed by atoms with van der Waals surface area (Å²) in [5.74, 6) is -1.06. The van der Waals surface area contributed by atoms with E-state index in [1.807, 2.05) is 13.8 Å². The van der Waals surface area contributed by atoms with Crippen LogP contribution >= 0.6 is 0 Å². The van der Waals surface area contributed by atoms with E-state index in [0.29, 0.717) is 24.1 Å². The lowest BCUT2D eigenvalue weighted by atomic mass is 10.2. The molecule has 0 aliphatic heterocycles. The van der Waals surface area contributed by atoms with Crippen LogP contribution in [0, 0.1) is 0 Å². The lowest BCUT2D eigenvalue weighted by Gasteiger charge is -2.14. The third-order valence-electron chi connectivity index (χ3n) is 2.91. The zero-order chi connectivity index (χ0) is 17.2. The lowest BCUT2D eigenvalue weighted by Crippen LogP contribution is -2.21. The minimum atomic E-state index is -0.939. The van der Waals surface area contributed by atoms with E-state index < -0.39 is 18.2 Å². The maximum Gasteiger partial charge on any atom is 0.341 e. The Morgan fingerprint density at radius 2 is 1.61 bits per heavy atom. The van der Waals surface area contributed by atoms with Gasteiger partial charge in [0.1, 0.15) is 0 Å². The summed E-state index contributed by atoms with van der Waals surface area (Å²) in [5.41, 5.74) is 0.930. The Balaban J connectivity index is 2.53. The molecule has 1 aromatic carbocycles. The van der Waals surface area contributed by atoms with Crippen LogP contribution in [0.4, 0.5) is 5.69 Å². The number of hydrogen-bond acceptors (Lipinski definition) is 5. The molecule has 0 aromatic heterocycles. The Kier molecular flexibility index (Phi) is 7.80. The summed E-state index contributed by atoms with van der Waals surface area (Å²) >= 11 is 0. The number of esters is 2. The Morgan fingerprint density at radius 1 is 1.00 bits per heavy atom. The van der Waals surface area contributed by atoms with Gasteiger partial charge in [-0.15, -0.1) is 0 Å². The van der Waals surface area contributed by atoms with Crippen molar-refractivity contribution in [2.75, 3.05) is 5.32 Å². The Hall–Kier alpha value is -2.37. The second kappa shape index (κ2) is 9.61. The van der Waals surface area contributed by atoms with Crippen LogP contribution in [0.25, 0.3) is 0 Å². The molecule has 0 radical (unpaired) electrons. The van der Waals surface area contributed by atoms with Gasteiger partial charge in [-0.2, -0.15) is 0 Å². The van der Waals surface area contributed by atoms with Crippen molar-refractivity contribution in [1.82, 2.24) is 0 Å². The third kappa shape index (κ3) is 6.95. The van der Waals surface area contributed by atoms with Crippen molar-refractivity contribution in [3.8, 4) is 0 Å². The zero-order valence-corrected chi connectivity index (χ0v) is 13.8. The normalized spacial score (nSPS) is 11.4. The van der Waals surface area contributed by atoms with Crippen LogP contribution in [0.3, 0.4) is 0 Å². The fourth-order valence-corrected chi connectivity index (χ4v) is 1.83. The first-order valence-electron chi connectivity index (χ1n) is 7.76.